The van der Waals surface area contributed by atoms with Crippen LogP contribution in [-0.2, 0) is 4.79 Å². The van der Waals surface area contributed by atoms with Crippen molar-refractivity contribution >= 4 is 11.5 Å². The predicted octanol–water partition coefficient (Wildman–Crippen LogP) is 3.70. The second-order valence-electron chi connectivity index (χ2n) is 5.21. The molecule has 108 valence electrons. The largest absolute Gasteiger partial charge is 0.386 e. The maximum absolute atomic E-state index is 11.8. The molecule has 1 rings (SSSR count). The van der Waals surface area contributed by atoms with E-state index in [1.54, 1.807) is 6.08 Å². The fourth-order valence-corrected chi connectivity index (χ4v) is 1.96. The smallest absolute Gasteiger partial charge is 0.157 e. The molecule has 0 unspecified atom stereocenters. The van der Waals surface area contributed by atoms with Crippen LogP contribution in [0.1, 0.15) is 45.6 Å². The van der Waals surface area contributed by atoms with Crippen molar-refractivity contribution in [3.63, 3.8) is 0 Å². The van der Waals surface area contributed by atoms with Crippen molar-refractivity contribution < 1.29 is 4.79 Å². The predicted molar refractivity (Wildman–Crippen MR) is 84.2 cm³/mol. The third-order valence-corrected chi connectivity index (χ3v) is 2.80. The highest BCUT2D eigenvalue weighted by Crippen LogP contribution is 2.09. The zero-order valence-corrected chi connectivity index (χ0v) is 12.6. The molecular weight excluding hydrogens is 248 g/mol. The van der Waals surface area contributed by atoms with Gasteiger partial charge < -0.3 is 10.7 Å². The van der Waals surface area contributed by atoms with Crippen LogP contribution in [0.4, 0.5) is 0 Å². The minimum absolute atomic E-state index is 0.122. The third-order valence-electron chi connectivity index (χ3n) is 2.80. The standard InChI is InChI=1S/C17H24N2O/c1-4-8-16(20)11-15(19-13(2)3)12-17(18)14-9-6-5-7-10-14/h5-7,9-11,13,18-19H,4,8,12H2,1-3H3/b15-11-,18-17?. The van der Waals surface area contributed by atoms with Gasteiger partial charge in [-0.25, -0.2) is 0 Å². The number of allylic oxidation sites excluding steroid dienone is 2. The van der Waals surface area contributed by atoms with Crippen LogP contribution < -0.4 is 5.32 Å². The Hall–Kier alpha value is -1.90. The molecule has 3 heteroatoms. The molecule has 0 aromatic heterocycles. The minimum Gasteiger partial charge on any atom is -0.386 e. The Morgan fingerprint density at radius 3 is 2.50 bits per heavy atom. The van der Waals surface area contributed by atoms with Crippen LogP contribution in [0.15, 0.2) is 42.1 Å². The molecule has 0 aliphatic rings. The van der Waals surface area contributed by atoms with Crippen molar-refractivity contribution in [1.29, 1.82) is 5.41 Å². The molecule has 3 nitrogen and oxygen atoms in total. The van der Waals surface area contributed by atoms with Gasteiger partial charge in [-0.2, -0.15) is 0 Å². The van der Waals surface area contributed by atoms with E-state index in [1.807, 2.05) is 51.1 Å². The van der Waals surface area contributed by atoms with E-state index >= 15 is 0 Å². The Kier molecular flexibility index (Phi) is 6.71. The summed E-state index contributed by atoms with van der Waals surface area (Å²) in [6, 6.07) is 9.87. The Morgan fingerprint density at radius 1 is 1.30 bits per heavy atom. The molecule has 0 fully saturated rings. The Balaban J connectivity index is 2.79. The van der Waals surface area contributed by atoms with Gasteiger partial charge in [0.15, 0.2) is 5.78 Å². The highest BCUT2D eigenvalue weighted by Gasteiger charge is 2.08. The average Bonchev–Trinajstić information content (AvgIpc) is 2.39. The number of ketones is 1. The summed E-state index contributed by atoms with van der Waals surface area (Å²) in [6.07, 6.45) is 3.51. The first-order valence-corrected chi connectivity index (χ1v) is 7.15. The van der Waals surface area contributed by atoms with E-state index in [0.717, 1.165) is 17.7 Å². The molecule has 2 N–H and O–H groups in total. The van der Waals surface area contributed by atoms with Crippen LogP contribution in [-0.4, -0.2) is 17.5 Å². The fourth-order valence-electron chi connectivity index (χ4n) is 1.96. The molecule has 1 aromatic rings. The number of carbonyl (C=O) groups excluding carboxylic acids is 1. The number of rotatable bonds is 8. The summed E-state index contributed by atoms with van der Waals surface area (Å²) in [6.45, 7) is 6.06. The molecule has 1 aromatic carbocycles. The molecule has 0 heterocycles. The molecular formula is C17H24N2O. The summed E-state index contributed by atoms with van der Waals surface area (Å²) in [5.74, 6) is 0.122. The van der Waals surface area contributed by atoms with Crippen molar-refractivity contribution in [3.05, 3.63) is 47.7 Å². The molecule has 0 saturated heterocycles. The monoisotopic (exact) mass is 272 g/mol. The van der Waals surface area contributed by atoms with E-state index in [9.17, 15) is 4.79 Å². The van der Waals surface area contributed by atoms with Gasteiger partial charge in [0.1, 0.15) is 0 Å². The zero-order valence-electron chi connectivity index (χ0n) is 12.6. The molecule has 0 aliphatic heterocycles. The van der Waals surface area contributed by atoms with Crippen LogP contribution in [0, 0.1) is 5.41 Å². The van der Waals surface area contributed by atoms with E-state index < -0.39 is 0 Å². The maximum Gasteiger partial charge on any atom is 0.157 e. The topological polar surface area (TPSA) is 53.0 Å². The lowest BCUT2D eigenvalue weighted by Gasteiger charge is -2.15. The van der Waals surface area contributed by atoms with E-state index in [1.165, 1.54) is 0 Å². The Labute approximate surface area is 121 Å². The summed E-state index contributed by atoms with van der Waals surface area (Å²) in [7, 11) is 0. The summed E-state index contributed by atoms with van der Waals surface area (Å²) < 4.78 is 0. The first kappa shape index (κ1) is 16.2. The number of carbonyl (C=O) groups is 1. The number of benzene rings is 1. The van der Waals surface area contributed by atoms with E-state index in [4.69, 9.17) is 5.41 Å². The second-order valence-corrected chi connectivity index (χ2v) is 5.21. The summed E-state index contributed by atoms with van der Waals surface area (Å²) >= 11 is 0. The lowest BCUT2D eigenvalue weighted by atomic mass is 10.0. The van der Waals surface area contributed by atoms with Gasteiger partial charge in [-0.3, -0.25) is 4.79 Å². The van der Waals surface area contributed by atoms with Gasteiger partial charge in [0, 0.05) is 36.4 Å². The molecule has 0 spiro atoms. The van der Waals surface area contributed by atoms with Gasteiger partial charge in [-0.15, -0.1) is 0 Å². The number of nitrogens with one attached hydrogen (secondary N) is 2. The van der Waals surface area contributed by atoms with Crippen LogP contribution in [0.25, 0.3) is 0 Å². The van der Waals surface area contributed by atoms with E-state index in [0.29, 0.717) is 18.6 Å². The van der Waals surface area contributed by atoms with E-state index in [2.05, 4.69) is 5.32 Å². The first-order chi connectivity index (χ1) is 9.52. The Morgan fingerprint density at radius 2 is 1.95 bits per heavy atom. The van der Waals surface area contributed by atoms with Crippen molar-refractivity contribution in [2.45, 2.75) is 46.1 Å². The quantitative estimate of drug-likeness (QED) is 0.560. The Bertz CT molecular complexity index is 475. The zero-order chi connectivity index (χ0) is 15.0. The van der Waals surface area contributed by atoms with Crippen LogP contribution in [0.5, 0.6) is 0 Å². The minimum atomic E-state index is 0.122. The molecule has 0 radical (unpaired) electrons. The molecule has 0 bridgehead atoms. The second kappa shape index (κ2) is 8.31. The fraction of sp³-hybridized carbons (Fsp3) is 0.412. The van der Waals surface area contributed by atoms with Gasteiger partial charge in [0.2, 0.25) is 0 Å². The van der Waals surface area contributed by atoms with Crippen molar-refractivity contribution in [2.75, 3.05) is 0 Å². The SMILES string of the molecule is CCCC(=O)/C=C(/CC(=N)c1ccccc1)NC(C)C. The highest BCUT2D eigenvalue weighted by molar-refractivity contribution is 6.00. The molecule has 0 saturated carbocycles. The molecule has 20 heavy (non-hydrogen) atoms. The van der Waals surface area contributed by atoms with Gasteiger partial charge in [0.25, 0.3) is 0 Å². The first-order valence-electron chi connectivity index (χ1n) is 7.15. The lowest BCUT2D eigenvalue weighted by molar-refractivity contribution is -0.114. The van der Waals surface area contributed by atoms with Gasteiger partial charge >= 0.3 is 0 Å². The summed E-state index contributed by atoms with van der Waals surface area (Å²) in [4.78, 5) is 11.8. The van der Waals surface area contributed by atoms with Crippen molar-refractivity contribution in [1.82, 2.24) is 5.32 Å². The van der Waals surface area contributed by atoms with Gasteiger partial charge in [-0.05, 0) is 25.8 Å². The molecule has 0 amide bonds. The molecule has 0 aliphatic carbocycles. The summed E-state index contributed by atoms with van der Waals surface area (Å²) in [5, 5.41) is 11.4. The normalized spacial score (nSPS) is 11.5. The van der Waals surface area contributed by atoms with Crippen LogP contribution in [0.2, 0.25) is 0 Å². The number of hydrogen-bond donors (Lipinski definition) is 2. The summed E-state index contributed by atoms with van der Waals surface area (Å²) in [5.41, 5.74) is 2.24. The van der Waals surface area contributed by atoms with E-state index in [-0.39, 0.29) is 11.8 Å². The van der Waals surface area contributed by atoms with Crippen LogP contribution in [0.3, 0.4) is 0 Å². The lowest BCUT2D eigenvalue weighted by Crippen LogP contribution is -2.24. The van der Waals surface area contributed by atoms with Crippen molar-refractivity contribution in [3.8, 4) is 0 Å². The van der Waals surface area contributed by atoms with Gasteiger partial charge in [-0.1, -0.05) is 37.3 Å². The van der Waals surface area contributed by atoms with Gasteiger partial charge in [0.05, 0.1) is 0 Å². The molecule has 0 atom stereocenters. The van der Waals surface area contributed by atoms with Crippen LogP contribution >= 0.6 is 0 Å². The van der Waals surface area contributed by atoms with Crippen molar-refractivity contribution in [2.24, 2.45) is 0 Å². The maximum atomic E-state index is 11.8. The average molecular weight is 272 g/mol. The third kappa shape index (κ3) is 5.83. The number of hydrogen-bond acceptors (Lipinski definition) is 3. The highest BCUT2D eigenvalue weighted by atomic mass is 16.1.